The van der Waals surface area contributed by atoms with E-state index < -0.39 is 24.3 Å². The minimum atomic E-state index is -5.08. The number of carbonyl (C=O) groups is 3. The Morgan fingerprint density at radius 1 is 0.816 bits per heavy atom. The van der Waals surface area contributed by atoms with Crippen molar-refractivity contribution in [2.24, 2.45) is 11.5 Å². The number of nitrogen functional groups attached to an aromatic ring is 2. The van der Waals surface area contributed by atoms with Crippen molar-refractivity contribution < 1.29 is 55.7 Å². The fraction of sp³-hybridized carbons (Fsp3) is 0.190. The first kappa shape index (κ1) is 33.2. The first-order valence-corrected chi connectivity index (χ1v) is 9.76. The van der Waals surface area contributed by atoms with E-state index in [-0.39, 0.29) is 30.6 Å². The topological polar surface area (TPSA) is 213 Å². The third-order valence-corrected chi connectivity index (χ3v) is 3.71. The van der Waals surface area contributed by atoms with Gasteiger partial charge in [0.05, 0.1) is 13.0 Å². The molecule has 38 heavy (non-hydrogen) atoms. The van der Waals surface area contributed by atoms with Crippen LogP contribution in [-0.4, -0.2) is 58.7 Å². The predicted molar refractivity (Wildman–Crippen MR) is 121 cm³/mol. The number of halogens is 6. The molecule has 11 nitrogen and oxygen atoms in total. The van der Waals surface area contributed by atoms with Crippen LogP contribution in [0.2, 0.25) is 0 Å². The Morgan fingerprint density at radius 3 is 1.66 bits per heavy atom. The highest BCUT2D eigenvalue weighted by Crippen LogP contribution is 2.15. The quantitative estimate of drug-likeness (QED) is 0.153. The van der Waals surface area contributed by atoms with Crippen molar-refractivity contribution in [3.8, 4) is 5.75 Å². The van der Waals surface area contributed by atoms with E-state index in [0.717, 1.165) is 0 Å². The largest absolute Gasteiger partial charge is 0.493 e. The van der Waals surface area contributed by atoms with Crippen molar-refractivity contribution >= 4 is 35.2 Å². The van der Waals surface area contributed by atoms with E-state index in [0.29, 0.717) is 22.6 Å². The molecule has 0 saturated carbocycles. The molecule has 0 aliphatic heterocycles. The van der Waals surface area contributed by atoms with Gasteiger partial charge in [-0.25, -0.2) is 9.59 Å². The van der Waals surface area contributed by atoms with Crippen molar-refractivity contribution in [1.29, 1.82) is 10.8 Å². The smallest absolute Gasteiger partial charge is 0.490 e. The van der Waals surface area contributed by atoms with Crippen molar-refractivity contribution in [3.05, 3.63) is 59.7 Å². The number of alkyl halides is 6. The third-order valence-electron chi connectivity index (χ3n) is 3.71. The SMILES string of the molecule is N=C(N)c1ccc(NC(=O)CCOc2cccc(C(=N)N)c2)cc1.O=C(O)C(F)(F)F.O=C(O)C(F)(F)F. The summed E-state index contributed by atoms with van der Waals surface area (Å²) in [5.41, 5.74) is 12.6. The summed E-state index contributed by atoms with van der Waals surface area (Å²) < 4.78 is 69.0. The molecule has 0 aliphatic rings. The van der Waals surface area contributed by atoms with Gasteiger partial charge in [0.15, 0.2) is 0 Å². The van der Waals surface area contributed by atoms with E-state index in [9.17, 15) is 31.1 Å². The molecule has 0 aromatic heterocycles. The fourth-order valence-corrected chi connectivity index (χ4v) is 1.97. The molecule has 0 heterocycles. The minimum Gasteiger partial charge on any atom is -0.493 e. The normalized spacial score (nSPS) is 10.5. The average molecular weight is 553 g/mol. The molecule has 0 spiro atoms. The van der Waals surface area contributed by atoms with Crippen LogP contribution in [-0.2, 0) is 14.4 Å². The number of carbonyl (C=O) groups excluding carboxylic acids is 1. The van der Waals surface area contributed by atoms with E-state index >= 15 is 0 Å². The van der Waals surface area contributed by atoms with Gasteiger partial charge in [-0.15, -0.1) is 0 Å². The first-order chi connectivity index (χ1) is 17.3. The van der Waals surface area contributed by atoms with Crippen LogP contribution in [0, 0.1) is 10.8 Å². The molecule has 0 aliphatic carbocycles. The van der Waals surface area contributed by atoms with E-state index in [2.05, 4.69) is 5.32 Å². The van der Waals surface area contributed by atoms with E-state index in [1.807, 2.05) is 0 Å². The number of anilines is 1. The van der Waals surface area contributed by atoms with E-state index in [1.54, 1.807) is 48.5 Å². The number of nitrogens with one attached hydrogen (secondary N) is 3. The van der Waals surface area contributed by atoms with Gasteiger partial charge >= 0.3 is 24.3 Å². The first-order valence-electron chi connectivity index (χ1n) is 9.76. The summed E-state index contributed by atoms with van der Waals surface area (Å²) in [4.78, 5) is 29.7. The Kier molecular flexibility index (Phi) is 12.8. The van der Waals surface area contributed by atoms with Crippen LogP contribution >= 0.6 is 0 Å². The molecule has 0 saturated heterocycles. The lowest BCUT2D eigenvalue weighted by molar-refractivity contribution is -0.193. The molecule has 0 unspecified atom stereocenters. The standard InChI is InChI=1S/C17H19N5O2.2C2HF3O2/c18-16(19)11-4-6-13(7-5-11)22-15(23)8-9-24-14-3-1-2-12(10-14)17(20)21;2*3-2(4,5)1(6)7/h1-7,10H,8-9H2,(H3,18,19)(H3,20,21)(H,22,23);2*(H,6,7). The summed E-state index contributed by atoms with van der Waals surface area (Å²) in [5.74, 6) is -5.20. The zero-order chi connectivity index (χ0) is 29.7. The summed E-state index contributed by atoms with van der Waals surface area (Å²) >= 11 is 0. The van der Waals surface area contributed by atoms with Gasteiger partial charge in [0, 0.05) is 16.8 Å². The van der Waals surface area contributed by atoms with Crippen LogP contribution in [0.1, 0.15) is 17.5 Å². The van der Waals surface area contributed by atoms with Crippen molar-refractivity contribution in [2.75, 3.05) is 11.9 Å². The van der Waals surface area contributed by atoms with Crippen LogP contribution in [0.15, 0.2) is 48.5 Å². The average Bonchev–Trinajstić information content (AvgIpc) is 2.79. The Hall–Kier alpha value is -4.83. The Bertz CT molecular complexity index is 1110. The molecule has 1 amide bonds. The number of benzene rings is 2. The highest BCUT2D eigenvalue weighted by Gasteiger charge is 2.38. The number of carboxylic acids is 2. The molecule has 0 fully saturated rings. The fourth-order valence-electron chi connectivity index (χ4n) is 1.97. The summed E-state index contributed by atoms with van der Waals surface area (Å²) in [7, 11) is 0. The lowest BCUT2D eigenvalue weighted by Gasteiger charge is -2.09. The number of aliphatic carboxylic acids is 2. The van der Waals surface area contributed by atoms with Gasteiger partial charge in [-0.3, -0.25) is 15.6 Å². The van der Waals surface area contributed by atoms with E-state index in [4.69, 9.17) is 46.8 Å². The highest BCUT2D eigenvalue weighted by atomic mass is 19.4. The lowest BCUT2D eigenvalue weighted by Crippen LogP contribution is -2.21. The molecule has 2 aromatic rings. The molecule has 0 radical (unpaired) electrons. The number of hydrogen-bond acceptors (Lipinski definition) is 6. The van der Waals surface area contributed by atoms with E-state index in [1.165, 1.54) is 0 Å². The molecule has 17 heteroatoms. The predicted octanol–water partition coefficient (Wildman–Crippen LogP) is 2.93. The molecule has 208 valence electrons. The van der Waals surface area contributed by atoms with Crippen LogP contribution in [0.5, 0.6) is 5.75 Å². The second kappa shape index (κ2) is 14.7. The Balaban J connectivity index is 0.000000804. The van der Waals surface area contributed by atoms with Gasteiger partial charge in [-0.1, -0.05) is 12.1 Å². The van der Waals surface area contributed by atoms with Crippen molar-refractivity contribution in [1.82, 2.24) is 0 Å². The molecule has 9 N–H and O–H groups in total. The Labute approximate surface area is 210 Å². The number of carboxylic acid groups (broad SMARTS) is 2. The summed E-state index contributed by atoms with van der Waals surface area (Å²) in [5, 5.41) is 31.7. The summed E-state index contributed by atoms with van der Waals surface area (Å²) in [6.07, 6.45) is -9.99. The van der Waals surface area contributed by atoms with Gasteiger partial charge in [0.1, 0.15) is 17.4 Å². The maximum atomic E-state index is 11.9. The lowest BCUT2D eigenvalue weighted by atomic mass is 10.2. The zero-order valence-electron chi connectivity index (χ0n) is 19.0. The second-order valence-corrected chi connectivity index (χ2v) is 6.68. The third kappa shape index (κ3) is 13.9. The van der Waals surface area contributed by atoms with Gasteiger partial charge in [-0.2, -0.15) is 26.3 Å². The maximum Gasteiger partial charge on any atom is 0.490 e. The van der Waals surface area contributed by atoms with Gasteiger partial charge < -0.3 is 31.7 Å². The van der Waals surface area contributed by atoms with Crippen LogP contribution in [0.25, 0.3) is 0 Å². The Morgan fingerprint density at radius 2 is 1.26 bits per heavy atom. The number of ether oxygens (including phenoxy) is 1. The maximum absolute atomic E-state index is 11.9. The van der Waals surface area contributed by atoms with Crippen LogP contribution < -0.4 is 21.5 Å². The molecule has 0 bridgehead atoms. The number of rotatable bonds is 7. The van der Waals surface area contributed by atoms with Gasteiger partial charge in [0.2, 0.25) is 5.91 Å². The van der Waals surface area contributed by atoms with Crippen LogP contribution in [0.4, 0.5) is 32.0 Å². The summed E-state index contributed by atoms with van der Waals surface area (Å²) in [6.45, 7) is 0.207. The zero-order valence-corrected chi connectivity index (χ0v) is 19.0. The number of amidine groups is 2. The summed E-state index contributed by atoms with van der Waals surface area (Å²) in [6, 6.07) is 13.6. The van der Waals surface area contributed by atoms with Gasteiger partial charge in [0.25, 0.3) is 0 Å². The molecule has 2 rings (SSSR count). The number of nitrogens with two attached hydrogens (primary N) is 2. The second-order valence-electron chi connectivity index (χ2n) is 6.68. The highest BCUT2D eigenvalue weighted by molar-refractivity contribution is 5.96. The minimum absolute atomic E-state index is 0.0194. The van der Waals surface area contributed by atoms with Crippen molar-refractivity contribution in [2.45, 2.75) is 18.8 Å². The van der Waals surface area contributed by atoms with Gasteiger partial charge in [-0.05, 0) is 36.4 Å². The van der Waals surface area contributed by atoms with Crippen LogP contribution in [0.3, 0.4) is 0 Å². The van der Waals surface area contributed by atoms with Crippen molar-refractivity contribution in [3.63, 3.8) is 0 Å². The number of amides is 1. The molecular formula is C21H21F6N5O6. The molecular weight excluding hydrogens is 532 g/mol. The molecule has 0 atom stereocenters. The molecule has 2 aromatic carbocycles. The monoisotopic (exact) mass is 553 g/mol. The number of hydrogen-bond donors (Lipinski definition) is 7.